The summed E-state index contributed by atoms with van der Waals surface area (Å²) in [7, 11) is 0. The predicted molar refractivity (Wildman–Crippen MR) is 87.7 cm³/mol. The minimum Gasteiger partial charge on any atom is -0.476 e. The van der Waals surface area contributed by atoms with Crippen molar-refractivity contribution in [2.45, 2.75) is 32.2 Å². The van der Waals surface area contributed by atoms with E-state index < -0.39 is 59.6 Å². The highest BCUT2D eigenvalue weighted by atomic mass is 19.4. The maximum Gasteiger partial charge on any atom is 0.416 e. The molecule has 2 aromatic rings. The van der Waals surface area contributed by atoms with Gasteiger partial charge in [-0.1, -0.05) is 31.2 Å². The molecule has 1 heterocycles. The molecule has 1 unspecified atom stereocenters. The lowest BCUT2D eigenvalue weighted by atomic mass is 9.84. The van der Waals surface area contributed by atoms with Crippen LogP contribution in [0.4, 0.5) is 26.3 Å². The van der Waals surface area contributed by atoms with Gasteiger partial charge in [-0.15, -0.1) is 0 Å². The molecular weight excluding hydrogens is 390 g/mol. The first-order valence-electron chi connectivity index (χ1n) is 8.17. The van der Waals surface area contributed by atoms with Crippen molar-refractivity contribution in [3.63, 3.8) is 0 Å². The zero-order valence-corrected chi connectivity index (χ0v) is 14.4. The van der Waals surface area contributed by atoms with E-state index in [0.717, 1.165) is 10.8 Å². The van der Waals surface area contributed by atoms with E-state index in [1.807, 2.05) is 0 Å². The summed E-state index contributed by atoms with van der Waals surface area (Å²) >= 11 is 0. The molecule has 0 fully saturated rings. The zero-order chi connectivity index (χ0) is 20.9. The molecule has 1 aromatic heterocycles. The Hall–Kier alpha value is -2.78. The van der Waals surface area contributed by atoms with Gasteiger partial charge in [0.05, 0.1) is 17.6 Å². The van der Waals surface area contributed by atoms with Crippen LogP contribution in [0.3, 0.4) is 0 Å². The fraction of sp³-hybridized carbons (Fsp3) is 0.333. The molecule has 3 rings (SSSR count). The third-order valence-corrected chi connectivity index (χ3v) is 4.48. The number of carbonyl (C=O) groups is 1. The average molecular weight is 404 g/mol. The normalized spacial score (nSPS) is 18.5. The molecule has 0 aliphatic heterocycles. The summed E-state index contributed by atoms with van der Waals surface area (Å²) in [5.41, 5.74) is -3.88. The topological polar surface area (TPSA) is 55.1 Å². The number of para-hydroxylation sites is 1. The van der Waals surface area contributed by atoms with Crippen LogP contribution in [-0.2, 0) is 6.54 Å². The van der Waals surface area contributed by atoms with Gasteiger partial charge in [-0.05, 0) is 24.0 Å². The largest absolute Gasteiger partial charge is 0.476 e. The molecule has 0 radical (unpaired) electrons. The second-order valence-electron chi connectivity index (χ2n) is 6.54. The van der Waals surface area contributed by atoms with E-state index in [4.69, 9.17) is 0 Å². The van der Waals surface area contributed by atoms with E-state index in [1.165, 1.54) is 31.2 Å². The van der Waals surface area contributed by atoms with E-state index in [2.05, 4.69) is 5.10 Å². The summed E-state index contributed by atoms with van der Waals surface area (Å²) in [5.74, 6) is -2.37. The van der Waals surface area contributed by atoms with Crippen LogP contribution in [0.1, 0.15) is 23.8 Å². The molecule has 0 spiro atoms. The maximum atomic E-state index is 13.5. The first kappa shape index (κ1) is 20.0. The molecule has 1 aromatic carbocycles. The van der Waals surface area contributed by atoms with Gasteiger partial charge in [-0.2, -0.15) is 31.4 Å². The number of aromatic carboxylic acids is 1. The number of carboxylic acids is 1. The number of carboxylic acid groups (broad SMARTS) is 1. The highest BCUT2D eigenvalue weighted by Gasteiger charge is 2.45. The Morgan fingerprint density at radius 3 is 2.39 bits per heavy atom. The molecule has 4 nitrogen and oxygen atoms in total. The van der Waals surface area contributed by atoms with Gasteiger partial charge in [-0.25, -0.2) is 4.79 Å². The SMILES string of the molecule is CC1C=C(C(F)(F)F)C(Cn2nc(C(=O)O)c3ccccc32)=C(C(F)(F)F)C1. The van der Waals surface area contributed by atoms with Crippen LogP contribution in [0.25, 0.3) is 10.9 Å². The van der Waals surface area contributed by atoms with Crippen LogP contribution in [0.15, 0.2) is 47.1 Å². The first-order valence-corrected chi connectivity index (χ1v) is 8.17. The lowest BCUT2D eigenvalue weighted by Crippen LogP contribution is -2.28. The minimum atomic E-state index is -4.99. The zero-order valence-electron chi connectivity index (χ0n) is 14.4. The second kappa shape index (κ2) is 6.68. The number of fused-ring (bicyclic) bond motifs is 1. The van der Waals surface area contributed by atoms with Crippen molar-refractivity contribution >= 4 is 16.9 Å². The highest BCUT2D eigenvalue weighted by molar-refractivity contribution is 6.01. The van der Waals surface area contributed by atoms with Crippen molar-refractivity contribution in [3.8, 4) is 0 Å². The van der Waals surface area contributed by atoms with Gasteiger partial charge in [0.15, 0.2) is 5.69 Å². The van der Waals surface area contributed by atoms with Crippen LogP contribution in [0.2, 0.25) is 0 Å². The summed E-state index contributed by atoms with van der Waals surface area (Å²) < 4.78 is 81.8. The number of aromatic nitrogens is 2. The first-order chi connectivity index (χ1) is 12.9. The van der Waals surface area contributed by atoms with Crippen LogP contribution in [0.5, 0.6) is 0 Å². The van der Waals surface area contributed by atoms with E-state index in [0.29, 0.717) is 0 Å². The number of alkyl halides is 6. The van der Waals surface area contributed by atoms with E-state index in [1.54, 1.807) is 0 Å². The molecule has 150 valence electrons. The monoisotopic (exact) mass is 404 g/mol. The molecule has 0 saturated carbocycles. The Morgan fingerprint density at radius 1 is 1.18 bits per heavy atom. The number of nitrogens with zero attached hydrogens (tertiary/aromatic N) is 2. The third kappa shape index (κ3) is 3.63. The minimum absolute atomic E-state index is 0.130. The van der Waals surface area contributed by atoms with Gasteiger partial charge in [0.1, 0.15) is 0 Å². The van der Waals surface area contributed by atoms with Gasteiger partial charge in [0.25, 0.3) is 0 Å². The standard InChI is InChI=1S/C18H14F6N2O2/c1-9-6-12(17(19,20)21)11(13(7-9)18(22,23)24)8-26-14-5-3-2-4-10(14)15(25-26)16(27)28/h2-6,9H,7-8H2,1H3,(H,27,28). The Bertz CT molecular complexity index is 998. The lowest BCUT2D eigenvalue weighted by Gasteiger charge is -2.28. The molecule has 0 bridgehead atoms. The smallest absolute Gasteiger partial charge is 0.416 e. The van der Waals surface area contributed by atoms with Gasteiger partial charge in [-0.3, -0.25) is 4.68 Å². The second-order valence-corrected chi connectivity index (χ2v) is 6.54. The molecule has 28 heavy (non-hydrogen) atoms. The van der Waals surface area contributed by atoms with Crippen molar-refractivity contribution < 1.29 is 36.2 Å². The predicted octanol–water partition coefficient (Wildman–Crippen LogP) is 5.12. The number of hydrogen-bond donors (Lipinski definition) is 1. The van der Waals surface area contributed by atoms with Gasteiger partial charge < -0.3 is 5.11 Å². The number of rotatable bonds is 3. The number of hydrogen-bond acceptors (Lipinski definition) is 2. The summed E-state index contributed by atoms with van der Waals surface area (Å²) in [4.78, 5) is 11.4. The van der Waals surface area contributed by atoms with Crippen molar-refractivity contribution in [2.75, 3.05) is 0 Å². The summed E-state index contributed by atoms with van der Waals surface area (Å²) in [6.45, 7) is 0.431. The molecule has 1 aliphatic rings. The number of allylic oxidation sites excluding steroid dienone is 4. The Morgan fingerprint density at radius 2 is 1.82 bits per heavy atom. The van der Waals surface area contributed by atoms with Crippen molar-refractivity contribution in [3.05, 3.63) is 52.8 Å². The number of halogens is 6. The Labute approximate surface area is 154 Å². The van der Waals surface area contributed by atoms with E-state index in [-0.39, 0.29) is 10.9 Å². The van der Waals surface area contributed by atoms with Crippen LogP contribution in [0, 0.1) is 5.92 Å². The molecular formula is C18H14F6N2O2. The molecule has 1 atom stereocenters. The fourth-order valence-electron chi connectivity index (χ4n) is 3.34. The maximum absolute atomic E-state index is 13.5. The Kier molecular flexibility index (Phi) is 4.76. The fourth-order valence-corrected chi connectivity index (χ4v) is 3.34. The third-order valence-electron chi connectivity index (χ3n) is 4.48. The van der Waals surface area contributed by atoms with E-state index >= 15 is 0 Å². The highest BCUT2D eigenvalue weighted by Crippen LogP contribution is 2.45. The molecule has 10 heteroatoms. The average Bonchev–Trinajstić information content (AvgIpc) is 2.93. The summed E-state index contributed by atoms with van der Waals surface area (Å²) in [5, 5.41) is 13.1. The van der Waals surface area contributed by atoms with Crippen molar-refractivity contribution in [1.82, 2.24) is 9.78 Å². The lowest BCUT2D eigenvalue weighted by molar-refractivity contribution is -0.102. The van der Waals surface area contributed by atoms with Crippen LogP contribution < -0.4 is 0 Å². The molecule has 0 amide bonds. The Balaban J connectivity index is 2.21. The van der Waals surface area contributed by atoms with Crippen molar-refractivity contribution in [1.29, 1.82) is 0 Å². The summed E-state index contributed by atoms with van der Waals surface area (Å²) in [6, 6.07) is 5.79. The number of benzene rings is 1. The van der Waals surface area contributed by atoms with E-state index in [9.17, 15) is 36.2 Å². The molecule has 0 saturated heterocycles. The molecule has 1 N–H and O–H groups in total. The van der Waals surface area contributed by atoms with Gasteiger partial charge in [0, 0.05) is 11.0 Å². The molecule has 1 aliphatic carbocycles. The van der Waals surface area contributed by atoms with Crippen LogP contribution >= 0.6 is 0 Å². The summed E-state index contributed by atoms with van der Waals surface area (Å²) in [6.07, 6.45) is -9.76. The van der Waals surface area contributed by atoms with Gasteiger partial charge >= 0.3 is 18.3 Å². The quantitative estimate of drug-likeness (QED) is 0.723. The van der Waals surface area contributed by atoms with Crippen LogP contribution in [-0.4, -0.2) is 33.2 Å². The van der Waals surface area contributed by atoms with Gasteiger partial charge in [0.2, 0.25) is 0 Å². The van der Waals surface area contributed by atoms with Crippen molar-refractivity contribution in [2.24, 2.45) is 5.92 Å².